The second-order valence-corrected chi connectivity index (χ2v) is 11.0. The number of aromatic nitrogens is 2. The van der Waals surface area contributed by atoms with Crippen molar-refractivity contribution >= 4 is 5.78 Å². The van der Waals surface area contributed by atoms with E-state index in [0.717, 1.165) is 44.0 Å². The number of piperazine rings is 1. The molecular weight excluding hydrogens is 495 g/mol. The molecule has 2 heterocycles. The topological polar surface area (TPSA) is 70.8 Å². The number of carbonyl (C=O) groups is 1. The number of ether oxygens (including phenoxy) is 1. The summed E-state index contributed by atoms with van der Waals surface area (Å²) in [5.74, 6) is 0.967. The smallest absolute Gasteiger partial charge is 0.147 e. The molecule has 1 aromatic heterocycles. The number of nitrogens with zero attached hydrogens (tertiary/aromatic N) is 4. The Morgan fingerprint density at radius 1 is 1.05 bits per heavy atom. The summed E-state index contributed by atoms with van der Waals surface area (Å²) in [6.07, 6.45) is 1.42. The van der Waals surface area contributed by atoms with Crippen molar-refractivity contribution in [1.29, 1.82) is 0 Å². The summed E-state index contributed by atoms with van der Waals surface area (Å²) in [6, 6.07) is 16.2. The van der Waals surface area contributed by atoms with E-state index in [2.05, 4.69) is 48.8 Å². The summed E-state index contributed by atoms with van der Waals surface area (Å²) in [6.45, 7) is 10.8. The van der Waals surface area contributed by atoms with Crippen molar-refractivity contribution in [2.24, 2.45) is 5.92 Å². The molecule has 210 valence electrons. The van der Waals surface area contributed by atoms with Gasteiger partial charge in [-0.25, -0.2) is 9.07 Å². The van der Waals surface area contributed by atoms with Gasteiger partial charge in [-0.15, -0.1) is 0 Å². The first-order valence-corrected chi connectivity index (χ1v) is 13.9. The van der Waals surface area contributed by atoms with Crippen LogP contribution in [0.5, 0.6) is 5.75 Å². The van der Waals surface area contributed by atoms with Crippen molar-refractivity contribution in [3.8, 4) is 11.4 Å². The van der Waals surface area contributed by atoms with Gasteiger partial charge in [0.05, 0.1) is 17.9 Å². The molecule has 0 radical (unpaired) electrons. The molecule has 0 spiro atoms. The van der Waals surface area contributed by atoms with Crippen LogP contribution in [0.25, 0.3) is 5.69 Å². The lowest BCUT2D eigenvalue weighted by Crippen LogP contribution is -2.50. The Kier molecular flexibility index (Phi) is 10.3. The molecular formula is C31H41FN4O3. The molecule has 1 fully saturated rings. The molecule has 0 saturated carbocycles. The molecule has 1 atom stereocenters. The van der Waals surface area contributed by atoms with E-state index < -0.39 is 6.10 Å². The molecule has 0 unspecified atom stereocenters. The number of β-amino-alcohol motifs (C(OH)–C–C–N with tert-alkyl or cyclic N) is 1. The zero-order chi connectivity index (χ0) is 27.8. The SMILES string of the molecule is Cc1ccccc1-n1nc(CCC(=O)CN2CCN(C[C@H](O)COc3ccc(F)cc3)CC2)cc1CC(C)C. The number of aliphatic hydroxyl groups is 1. The van der Waals surface area contributed by atoms with Crippen LogP contribution in [0.4, 0.5) is 4.39 Å². The lowest BCUT2D eigenvalue weighted by molar-refractivity contribution is -0.120. The molecule has 0 aliphatic carbocycles. The highest BCUT2D eigenvalue weighted by Crippen LogP contribution is 2.20. The van der Waals surface area contributed by atoms with Crippen LogP contribution in [-0.4, -0.2) is 82.4 Å². The van der Waals surface area contributed by atoms with Gasteiger partial charge in [0.15, 0.2) is 0 Å². The normalized spacial score (nSPS) is 15.5. The Bertz CT molecular complexity index is 1200. The third-order valence-corrected chi connectivity index (χ3v) is 7.04. The van der Waals surface area contributed by atoms with E-state index >= 15 is 0 Å². The van der Waals surface area contributed by atoms with Crippen molar-refractivity contribution in [2.45, 2.75) is 46.1 Å². The molecule has 1 aliphatic heterocycles. The summed E-state index contributed by atoms with van der Waals surface area (Å²) in [4.78, 5) is 17.2. The highest BCUT2D eigenvalue weighted by molar-refractivity contribution is 5.80. The van der Waals surface area contributed by atoms with Gasteiger partial charge in [0.25, 0.3) is 0 Å². The third kappa shape index (κ3) is 8.71. The van der Waals surface area contributed by atoms with Gasteiger partial charge in [-0.1, -0.05) is 32.0 Å². The maximum absolute atomic E-state index is 13.0. The lowest BCUT2D eigenvalue weighted by atomic mass is 10.1. The fourth-order valence-corrected chi connectivity index (χ4v) is 4.97. The van der Waals surface area contributed by atoms with E-state index in [0.29, 0.717) is 37.6 Å². The van der Waals surface area contributed by atoms with Gasteiger partial charge in [-0.2, -0.15) is 5.10 Å². The van der Waals surface area contributed by atoms with Crippen LogP contribution in [0, 0.1) is 18.7 Å². The minimum Gasteiger partial charge on any atom is -0.491 e. The van der Waals surface area contributed by atoms with Crippen LogP contribution in [0.1, 0.15) is 37.2 Å². The first kappa shape index (κ1) is 28.9. The number of halogens is 1. The molecule has 0 amide bonds. The molecule has 0 bridgehead atoms. The van der Waals surface area contributed by atoms with E-state index in [9.17, 15) is 14.3 Å². The van der Waals surface area contributed by atoms with Gasteiger partial charge in [-0.3, -0.25) is 14.6 Å². The number of rotatable bonds is 13. The minimum absolute atomic E-state index is 0.156. The van der Waals surface area contributed by atoms with E-state index in [1.54, 1.807) is 12.1 Å². The molecule has 8 heteroatoms. The van der Waals surface area contributed by atoms with E-state index in [1.165, 1.54) is 23.4 Å². The summed E-state index contributed by atoms with van der Waals surface area (Å²) in [5, 5.41) is 15.2. The zero-order valence-corrected chi connectivity index (χ0v) is 23.4. The molecule has 1 saturated heterocycles. The Morgan fingerprint density at radius 2 is 1.74 bits per heavy atom. The standard InChI is InChI=1S/C31H41FN4O3/c1-23(2)18-27-19-26(33-36(27)31-7-5-4-6-24(31)3)10-11-28(37)20-34-14-16-35(17-15-34)21-29(38)22-39-30-12-8-25(32)9-13-30/h4-9,12-13,19,23,29,38H,10-11,14-18,20-22H2,1-3H3/t29-/m0/s1. The second kappa shape index (κ2) is 13.8. The highest BCUT2D eigenvalue weighted by atomic mass is 19.1. The van der Waals surface area contributed by atoms with Gasteiger partial charge in [0.1, 0.15) is 30.1 Å². The average molecular weight is 537 g/mol. The number of para-hydroxylation sites is 1. The minimum atomic E-state index is -0.636. The van der Waals surface area contributed by atoms with Gasteiger partial charge in [0, 0.05) is 44.8 Å². The molecule has 1 aliphatic rings. The number of ketones is 1. The monoisotopic (exact) mass is 536 g/mol. The lowest BCUT2D eigenvalue weighted by Gasteiger charge is -2.35. The molecule has 3 aromatic rings. The van der Waals surface area contributed by atoms with Crippen molar-refractivity contribution in [3.05, 3.63) is 77.4 Å². The number of hydrogen-bond acceptors (Lipinski definition) is 6. The summed E-state index contributed by atoms with van der Waals surface area (Å²) in [7, 11) is 0. The van der Waals surface area contributed by atoms with Crippen LogP contribution >= 0.6 is 0 Å². The molecule has 2 aromatic carbocycles. The van der Waals surface area contributed by atoms with E-state index in [1.807, 2.05) is 16.8 Å². The zero-order valence-electron chi connectivity index (χ0n) is 23.4. The molecule has 1 N–H and O–H groups in total. The van der Waals surface area contributed by atoms with Crippen LogP contribution in [-0.2, 0) is 17.6 Å². The fourth-order valence-electron chi connectivity index (χ4n) is 4.97. The van der Waals surface area contributed by atoms with E-state index in [-0.39, 0.29) is 18.2 Å². The first-order valence-electron chi connectivity index (χ1n) is 13.9. The maximum atomic E-state index is 13.0. The fraction of sp³-hybridized carbons (Fsp3) is 0.484. The Morgan fingerprint density at radius 3 is 2.44 bits per heavy atom. The average Bonchev–Trinajstić information content (AvgIpc) is 3.30. The van der Waals surface area contributed by atoms with Crippen LogP contribution in [0.15, 0.2) is 54.6 Å². The van der Waals surface area contributed by atoms with Crippen LogP contribution in [0.3, 0.4) is 0 Å². The van der Waals surface area contributed by atoms with Crippen molar-refractivity contribution in [1.82, 2.24) is 19.6 Å². The van der Waals surface area contributed by atoms with Crippen LogP contribution in [0.2, 0.25) is 0 Å². The van der Waals surface area contributed by atoms with Gasteiger partial charge in [0.2, 0.25) is 0 Å². The molecule has 4 rings (SSSR count). The van der Waals surface area contributed by atoms with Gasteiger partial charge >= 0.3 is 0 Å². The summed E-state index contributed by atoms with van der Waals surface area (Å²) >= 11 is 0. The molecule has 39 heavy (non-hydrogen) atoms. The number of hydrogen-bond donors (Lipinski definition) is 1. The first-order chi connectivity index (χ1) is 18.8. The van der Waals surface area contributed by atoms with Gasteiger partial charge < -0.3 is 9.84 Å². The molecule has 7 nitrogen and oxygen atoms in total. The van der Waals surface area contributed by atoms with Crippen molar-refractivity contribution < 1.29 is 19.0 Å². The number of aliphatic hydroxyl groups excluding tert-OH is 1. The Balaban J connectivity index is 1.20. The Labute approximate surface area is 231 Å². The van der Waals surface area contributed by atoms with Crippen molar-refractivity contribution in [3.63, 3.8) is 0 Å². The largest absolute Gasteiger partial charge is 0.491 e. The second-order valence-electron chi connectivity index (χ2n) is 11.0. The number of Topliss-reactive ketones (excluding diaryl/α,β-unsaturated/α-hetero) is 1. The van der Waals surface area contributed by atoms with Crippen molar-refractivity contribution in [2.75, 3.05) is 45.9 Å². The predicted octanol–water partition coefficient (Wildman–Crippen LogP) is 4.08. The van der Waals surface area contributed by atoms with Gasteiger partial charge in [-0.05, 0) is 67.6 Å². The third-order valence-electron chi connectivity index (χ3n) is 7.04. The summed E-state index contributed by atoms with van der Waals surface area (Å²) < 4.78 is 20.6. The quantitative estimate of drug-likeness (QED) is 0.355. The number of benzene rings is 2. The number of carbonyl (C=O) groups excluding carboxylic acids is 1. The highest BCUT2D eigenvalue weighted by Gasteiger charge is 2.21. The summed E-state index contributed by atoms with van der Waals surface area (Å²) in [5.41, 5.74) is 4.42. The predicted molar refractivity (Wildman–Crippen MR) is 151 cm³/mol. The maximum Gasteiger partial charge on any atom is 0.147 e. The van der Waals surface area contributed by atoms with E-state index in [4.69, 9.17) is 9.84 Å². The number of aryl methyl sites for hydroxylation is 2. The van der Waals surface area contributed by atoms with Crippen LogP contribution < -0.4 is 4.74 Å². The Hall–Kier alpha value is -3.07.